The van der Waals surface area contributed by atoms with Crippen LogP contribution in [0.25, 0.3) is 0 Å². The molecule has 0 aromatic carbocycles. The SMILES string of the molecule is CC(C)(C)CC(=O)NCC(=O)NCC(F)(F)CN. The van der Waals surface area contributed by atoms with Gasteiger partial charge < -0.3 is 16.4 Å². The number of hydrogen-bond donors (Lipinski definition) is 3. The molecular weight excluding hydrogens is 244 g/mol. The van der Waals surface area contributed by atoms with Crippen molar-refractivity contribution in [1.29, 1.82) is 0 Å². The van der Waals surface area contributed by atoms with Gasteiger partial charge in [0.15, 0.2) is 0 Å². The summed E-state index contributed by atoms with van der Waals surface area (Å²) >= 11 is 0. The van der Waals surface area contributed by atoms with E-state index in [1.807, 2.05) is 26.1 Å². The maximum Gasteiger partial charge on any atom is 0.277 e. The van der Waals surface area contributed by atoms with Crippen LogP contribution in [0, 0.1) is 5.41 Å². The molecule has 0 bridgehead atoms. The number of carbonyl (C=O) groups excluding carboxylic acids is 2. The van der Waals surface area contributed by atoms with Crippen molar-refractivity contribution in [3.63, 3.8) is 0 Å². The van der Waals surface area contributed by atoms with Crippen LogP contribution < -0.4 is 16.4 Å². The van der Waals surface area contributed by atoms with Gasteiger partial charge in [-0.1, -0.05) is 20.8 Å². The Morgan fingerprint density at radius 3 is 2.11 bits per heavy atom. The van der Waals surface area contributed by atoms with E-state index < -0.39 is 24.9 Å². The number of hydrogen-bond acceptors (Lipinski definition) is 3. The Kier molecular flexibility index (Phi) is 6.17. The summed E-state index contributed by atoms with van der Waals surface area (Å²) in [6.45, 7) is 3.69. The summed E-state index contributed by atoms with van der Waals surface area (Å²) in [5.41, 5.74) is 4.63. The summed E-state index contributed by atoms with van der Waals surface area (Å²) < 4.78 is 25.4. The van der Waals surface area contributed by atoms with Crippen LogP contribution in [0.4, 0.5) is 8.78 Å². The third-order valence-corrected chi connectivity index (χ3v) is 1.98. The molecule has 0 saturated heterocycles. The van der Waals surface area contributed by atoms with E-state index >= 15 is 0 Å². The molecule has 0 aromatic rings. The molecule has 0 aromatic heterocycles. The number of alkyl halides is 2. The van der Waals surface area contributed by atoms with E-state index in [1.165, 1.54) is 0 Å². The first-order valence-electron chi connectivity index (χ1n) is 5.67. The molecule has 5 nitrogen and oxygen atoms in total. The van der Waals surface area contributed by atoms with Crippen LogP contribution in [0.5, 0.6) is 0 Å². The van der Waals surface area contributed by atoms with Gasteiger partial charge in [0.1, 0.15) is 0 Å². The number of amides is 2. The number of rotatable bonds is 6. The van der Waals surface area contributed by atoms with Crippen LogP contribution in [-0.2, 0) is 9.59 Å². The van der Waals surface area contributed by atoms with Crippen LogP contribution in [0.15, 0.2) is 0 Å². The lowest BCUT2D eigenvalue weighted by molar-refractivity contribution is -0.127. The predicted octanol–water partition coefficient (Wildman–Crippen LogP) is 0.249. The zero-order valence-electron chi connectivity index (χ0n) is 11.0. The largest absolute Gasteiger partial charge is 0.348 e. The van der Waals surface area contributed by atoms with Gasteiger partial charge in [0.2, 0.25) is 11.8 Å². The van der Waals surface area contributed by atoms with E-state index in [9.17, 15) is 18.4 Å². The van der Waals surface area contributed by atoms with E-state index in [0.717, 1.165) is 0 Å². The molecule has 18 heavy (non-hydrogen) atoms. The third kappa shape index (κ3) is 8.86. The molecule has 2 amide bonds. The van der Waals surface area contributed by atoms with Crippen molar-refractivity contribution in [2.75, 3.05) is 19.6 Å². The fraction of sp³-hybridized carbons (Fsp3) is 0.818. The Morgan fingerprint density at radius 1 is 1.11 bits per heavy atom. The Balaban J connectivity index is 3.88. The van der Waals surface area contributed by atoms with Gasteiger partial charge in [0.05, 0.1) is 19.6 Å². The van der Waals surface area contributed by atoms with Crippen molar-refractivity contribution in [3.8, 4) is 0 Å². The highest BCUT2D eigenvalue weighted by Gasteiger charge is 2.27. The van der Waals surface area contributed by atoms with Gasteiger partial charge in [-0.15, -0.1) is 0 Å². The molecular formula is C11H21F2N3O2. The second-order valence-electron chi connectivity index (χ2n) is 5.35. The summed E-state index contributed by atoms with van der Waals surface area (Å²) in [5.74, 6) is -4.07. The lowest BCUT2D eigenvalue weighted by Gasteiger charge is -2.17. The van der Waals surface area contributed by atoms with Crippen molar-refractivity contribution in [1.82, 2.24) is 10.6 Å². The smallest absolute Gasteiger partial charge is 0.277 e. The number of carbonyl (C=O) groups is 2. The van der Waals surface area contributed by atoms with Gasteiger partial charge in [-0.3, -0.25) is 9.59 Å². The average molecular weight is 265 g/mol. The minimum Gasteiger partial charge on any atom is -0.348 e. The highest BCUT2D eigenvalue weighted by Crippen LogP contribution is 2.17. The fourth-order valence-corrected chi connectivity index (χ4v) is 1.09. The lowest BCUT2D eigenvalue weighted by Crippen LogP contribution is -2.45. The van der Waals surface area contributed by atoms with E-state index in [2.05, 4.69) is 5.32 Å². The second-order valence-corrected chi connectivity index (χ2v) is 5.35. The van der Waals surface area contributed by atoms with Crippen molar-refractivity contribution >= 4 is 11.8 Å². The van der Waals surface area contributed by atoms with E-state index in [1.54, 1.807) is 0 Å². The normalized spacial score (nSPS) is 12.1. The van der Waals surface area contributed by atoms with Gasteiger partial charge in [0, 0.05) is 6.42 Å². The topological polar surface area (TPSA) is 84.2 Å². The molecule has 0 atom stereocenters. The number of nitrogens with one attached hydrogen (secondary N) is 2. The first-order chi connectivity index (χ1) is 8.06. The zero-order chi connectivity index (χ0) is 14.4. The van der Waals surface area contributed by atoms with Crippen molar-refractivity contribution in [2.24, 2.45) is 11.1 Å². The summed E-state index contributed by atoms with van der Waals surface area (Å²) in [6.07, 6.45) is 0.263. The molecule has 0 fully saturated rings. The predicted molar refractivity (Wildman–Crippen MR) is 64.1 cm³/mol. The molecule has 0 aliphatic carbocycles. The first-order valence-corrected chi connectivity index (χ1v) is 5.67. The lowest BCUT2D eigenvalue weighted by atomic mass is 9.92. The van der Waals surface area contributed by atoms with Gasteiger partial charge >= 0.3 is 0 Å². The van der Waals surface area contributed by atoms with E-state index in [-0.39, 0.29) is 24.3 Å². The second kappa shape index (κ2) is 6.63. The average Bonchev–Trinajstić information content (AvgIpc) is 2.21. The summed E-state index contributed by atoms with van der Waals surface area (Å²) in [5, 5.41) is 4.37. The minimum absolute atomic E-state index is 0.187. The summed E-state index contributed by atoms with van der Waals surface area (Å²) in [4.78, 5) is 22.5. The fourth-order valence-electron chi connectivity index (χ4n) is 1.09. The molecule has 106 valence electrons. The quantitative estimate of drug-likeness (QED) is 0.643. The van der Waals surface area contributed by atoms with E-state index in [0.29, 0.717) is 0 Å². The Labute approximate surface area is 105 Å². The van der Waals surface area contributed by atoms with Crippen molar-refractivity contribution < 1.29 is 18.4 Å². The monoisotopic (exact) mass is 265 g/mol. The number of nitrogens with two attached hydrogens (primary N) is 1. The van der Waals surface area contributed by atoms with Crippen molar-refractivity contribution in [2.45, 2.75) is 33.1 Å². The zero-order valence-corrected chi connectivity index (χ0v) is 11.0. The molecule has 4 N–H and O–H groups in total. The van der Waals surface area contributed by atoms with Gasteiger partial charge in [0.25, 0.3) is 5.92 Å². The van der Waals surface area contributed by atoms with Crippen LogP contribution >= 0.6 is 0 Å². The van der Waals surface area contributed by atoms with Gasteiger partial charge in [-0.25, -0.2) is 8.78 Å². The van der Waals surface area contributed by atoms with E-state index in [4.69, 9.17) is 5.73 Å². The number of halogens is 2. The van der Waals surface area contributed by atoms with Gasteiger partial charge in [-0.05, 0) is 5.41 Å². The highest BCUT2D eigenvalue weighted by atomic mass is 19.3. The Bertz CT molecular complexity index is 301. The minimum atomic E-state index is -3.12. The molecule has 0 heterocycles. The molecule has 0 unspecified atom stereocenters. The summed E-state index contributed by atoms with van der Waals surface area (Å²) in [6, 6.07) is 0. The molecule has 0 aliphatic rings. The molecule has 0 rings (SSSR count). The van der Waals surface area contributed by atoms with Crippen LogP contribution in [0.3, 0.4) is 0 Å². The molecule has 0 aliphatic heterocycles. The standard InChI is InChI=1S/C11H21F2N3O2/c1-10(2,3)4-8(17)15-5-9(18)16-7-11(12,13)6-14/h4-7,14H2,1-3H3,(H,15,17)(H,16,18). The van der Waals surface area contributed by atoms with Crippen LogP contribution in [0.2, 0.25) is 0 Å². The summed E-state index contributed by atoms with van der Waals surface area (Å²) in [7, 11) is 0. The maximum atomic E-state index is 12.7. The molecule has 0 spiro atoms. The van der Waals surface area contributed by atoms with Crippen LogP contribution in [-0.4, -0.2) is 37.4 Å². The molecule has 0 radical (unpaired) electrons. The van der Waals surface area contributed by atoms with Crippen molar-refractivity contribution in [3.05, 3.63) is 0 Å². The molecule has 7 heteroatoms. The Hall–Kier alpha value is -1.24. The van der Waals surface area contributed by atoms with Crippen LogP contribution in [0.1, 0.15) is 27.2 Å². The maximum absolute atomic E-state index is 12.7. The highest BCUT2D eigenvalue weighted by molar-refractivity contribution is 5.84. The third-order valence-electron chi connectivity index (χ3n) is 1.98. The first kappa shape index (κ1) is 16.8. The molecule has 0 saturated carbocycles. The Morgan fingerprint density at radius 2 is 1.67 bits per heavy atom. The van der Waals surface area contributed by atoms with Gasteiger partial charge in [-0.2, -0.15) is 0 Å².